The number of carbonyl (C=O) groups is 3. The van der Waals surface area contributed by atoms with Gasteiger partial charge in [-0.25, -0.2) is 4.79 Å². The highest BCUT2D eigenvalue weighted by Gasteiger charge is 2.35. The van der Waals surface area contributed by atoms with Gasteiger partial charge in [0.15, 0.2) is 23.0 Å². The fourth-order valence-corrected chi connectivity index (χ4v) is 5.82. The number of methoxy groups -OCH3 is 1. The van der Waals surface area contributed by atoms with Crippen LogP contribution in [0.4, 0.5) is 4.79 Å². The third kappa shape index (κ3) is 6.29. The normalized spacial score (nSPS) is 14.0. The van der Waals surface area contributed by atoms with Gasteiger partial charge in [0.2, 0.25) is 0 Å². The summed E-state index contributed by atoms with van der Waals surface area (Å²) >= 11 is 4.34. The standard InChI is InChI=1S/C32H26BrNO7S/c1-3-39-27-18-20(17-24(33)29(27)41-31(36)23-12-8-10-21-9-4-5-11-22(21)23)19-28-30(35)34(32(37)42-28)15-16-40-26-14-7-6-13-25(26)38-2/h4-14,17-19H,3,15-16H2,1-2H3/b28-19-. The highest BCUT2D eigenvalue weighted by atomic mass is 79.9. The second kappa shape index (κ2) is 13.1. The summed E-state index contributed by atoms with van der Waals surface area (Å²) in [5, 5.41) is 1.31. The quantitative estimate of drug-likeness (QED) is 0.100. The van der Waals surface area contributed by atoms with Gasteiger partial charge in [0, 0.05) is 0 Å². The number of benzene rings is 4. The van der Waals surface area contributed by atoms with Crippen LogP contribution in [0, 0.1) is 0 Å². The van der Waals surface area contributed by atoms with Gasteiger partial charge < -0.3 is 18.9 Å². The maximum atomic E-state index is 13.2. The molecule has 8 nitrogen and oxygen atoms in total. The number of para-hydroxylation sites is 2. The Bertz CT molecular complexity index is 1700. The Balaban J connectivity index is 1.33. The first-order valence-electron chi connectivity index (χ1n) is 13.1. The molecular formula is C32H26BrNO7S. The lowest BCUT2D eigenvalue weighted by Gasteiger charge is -2.15. The molecule has 0 unspecified atom stereocenters. The average molecular weight is 649 g/mol. The van der Waals surface area contributed by atoms with Crippen molar-refractivity contribution in [3.05, 3.63) is 99.4 Å². The van der Waals surface area contributed by atoms with Gasteiger partial charge in [-0.05, 0) is 87.4 Å². The molecule has 0 radical (unpaired) electrons. The number of halogens is 1. The van der Waals surface area contributed by atoms with Crippen molar-refractivity contribution in [1.29, 1.82) is 0 Å². The van der Waals surface area contributed by atoms with E-state index in [0.717, 1.165) is 27.4 Å². The predicted octanol–water partition coefficient (Wildman–Crippen LogP) is 7.34. The minimum absolute atomic E-state index is 0.0804. The van der Waals surface area contributed by atoms with Crippen molar-refractivity contribution in [3.8, 4) is 23.0 Å². The van der Waals surface area contributed by atoms with Crippen LogP contribution >= 0.6 is 27.7 Å². The number of fused-ring (bicyclic) bond motifs is 1. The summed E-state index contributed by atoms with van der Waals surface area (Å²) < 4.78 is 23.1. The third-order valence-electron chi connectivity index (χ3n) is 6.35. The van der Waals surface area contributed by atoms with Crippen molar-refractivity contribution in [1.82, 2.24) is 4.90 Å². The molecule has 0 bridgehead atoms. The van der Waals surface area contributed by atoms with Gasteiger partial charge >= 0.3 is 5.97 Å². The number of nitrogens with zero attached hydrogens (tertiary/aromatic N) is 1. The van der Waals surface area contributed by atoms with Crippen molar-refractivity contribution in [2.24, 2.45) is 0 Å². The van der Waals surface area contributed by atoms with E-state index in [1.807, 2.05) is 49.4 Å². The minimum Gasteiger partial charge on any atom is -0.493 e. The molecule has 4 aromatic rings. The molecule has 1 heterocycles. The summed E-state index contributed by atoms with van der Waals surface area (Å²) in [6, 6.07) is 23.5. The molecule has 42 heavy (non-hydrogen) atoms. The predicted molar refractivity (Wildman–Crippen MR) is 165 cm³/mol. The molecule has 0 spiro atoms. The maximum Gasteiger partial charge on any atom is 0.344 e. The van der Waals surface area contributed by atoms with Crippen molar-refractivity contribution >= 4 is 61.7 Å². The van der Waals surface area contributed by atoms with Crippen LogP contribution in [0.25, 0.3) is 16.8 Å². The fourth-order valence-electron chi connectivity index (χ4n) is 4.41. The van der Waals surface area contributed by atoms with Gasteiger partial charge in [-0.2, -0.15) is 0 Å². The molecule has 0 N–H and O–H groups in total. The molecule has 5 rings (SSSR count). The summed E-state index contributed by atoms with van der Waals surface area (Å²) in [6.07, 6.45) is 1.61. The number of thioether (sulfide) groups is 1. The fraction of sp³-hybridized carbons (Fsp3) is 0.156. The summed E-state index contributed by atoms with van der Waals surface area (Å²) in [5.74, 6) is 0.669. The first kappa shape index (κ1) is 29.2. The Morgan fingerprint density at radius 1 is 0.929 bits per heavy atom. The zero-order valence-corrected chi connectivity index (χ0v) is 25.2. The Hall–Kier alpha value is -4.28. The maximum absolute atomic E-state index is 13.2. The topological polar surface area (TPSA) is 91.4 Å². The molecule has 0 aliphatic carbocycles. The molecule has 1 aliphatic rings. The monoisotopic (exact) mass is 647 g/mol. The second-order valence-corrected chi connectivity index (χ2v) is 10.9. The van der Waals surface area contributed by atoms with Gasteiger partial charge in [-0.3, -0.25) is 14.5 Å². The molecule has 1 fully saturated rings. The van der Waals surface area contributed by atoms with E-state index in [2.05, 4.69) is 15.9 Å². The highest BCUT2D eigenvalue weighted by Crippen LogP contribution is 2.40. The number of ether oxygens (including phenoxy) is 4. The molecule has 10 heteroatoms. The molecule has 1 saturated heterocycles. The molecule has 4 aromatic carbocycles. The third-order valence-corrected chi connectivity index (χ3v) is 7.85. The largest absolute Gasteiger partial charge is 0.493 e. The lowest BCUT2D eigenvalue weighted by Crippen LogP contribution is -2.32. The number of imide groups is 1. The van der Waals surface area contributed by atoms with Crippen LogP contribution in [0.15, 0.2) is 88.2 Å². The van der Waals surface area contributed by atoms with E-state index >= 15 is 0 Å². The zero-order chi connectivity index (χ0) is 29.6. The van der Waals surface area contributed by atoms with Crippen molar-refractivity contribution in [3.63, 3.8) is 0 Å². The Morgan fingerprint density at radius 2 is 1.67 bits per heavy atom. The zero-order valence-electron chi connectivity index (χ0n) is 22.8. The van der Waals surface area contributed by atoms with Gasteiger partial charge in [0.25, 0.3) is 11.1 Å². The van der Waals surface area contributed by atoms with Crippen LogP contribution in [0.5, 0.6) is 23.0 Å². The number of amides is 2. The van der Waals surface area contributed by atoms with Gasteiger partial charge in [-0.1, -0.05) is 48.5 Å². The van der Waals surface area contributed by atoms with E-state index < -0.39 is 11.9 Å². The number of hydrogen-bond acceptors (Lipinski definition) is 8. The molecular weight excluding hydrogens is 622 g/mol. The summed E-state index contributed by atoms with van der Waals surface area (Å²) in [4.78, 5) is 40.3. The first-order chi connectivity index (χ1) is 20.4. The van der Waals surface area contributed by atoms with Crippen LogP contribution in [-0.2, 0) is 4.79 Å². The van der Waals surface area contributed by atoms with Gasteiger partial charge in [0.05, 0.1) is 35.2 Å². The lowest BCUT2D eigenvalue weighted by atomic mass is 10.0. The number of hydrogen-bond donors (Lipinski definition) is 0. The second-order valence-electron chi connectivity index (χ2n) is 9.01. The molecule has 2 amide bonds. The highest BCUT2D eigenvalue weighted by molar-refractivity contribution is 9.10. The molecule has 1 aliphatic heterocycles. The minimum atomic E-state index is -0.530. The van der Waals surface area contributed by atoms with E-state index in [4.69, 9.17) is 18.9 Å². The van der Waals surface area contributed by atoms with E-state index in [1.54, 1.807) is 49.6 Å². The van der Waals surface area contributed by atoms with E-state index in [-0.39, 0.29) is 29.0 Å². The molecule has 0 atom stereocenters. The average Bonchev–Trinajstić information content (AvgIpc) is 3.26. The van der Waals surface area contributed by atoms with E-state index in [1.165, 1.54) is 0 Å². The molecule has 214 valence electrons. The van der Waals surface area contributed by atoms with Crippen LogP contribution in [0.3, 0.4) is 0 Å². The summed E-state index contributed by atoms with van der Waals surface area (Å²) in [7, 11) is 1.54. The van der Waals surface area contributed by atoms with Crippen molar-refractivity contribution < 1.29 is 33.3 Å². The summed E-state index contributed by atoms with van der Waals surface area (Å²) in [5.41, 5.74) is 1.01. The Labute approximate surface area is 255 Å². The van der Waals surface area contributed by atoms with Gasteiger partial charge in [-0.15, -0.1) is 0 Å². The number of rotatable bonds is 10. The first-order valence-corrected chi connectivity index (χ1v) is 14.7. The van der Waals surface area contributed by atoms with Crippen LogP contribution in [-0.4, -0.2) is 48.9 Å². The van der Waals surface area contributed by atoms with Crippen LogP contribution in [0.1, 0.15) is 22.8 Å². The number of carbonyl (C=O) groups excluding carboxylic acids is 3. The van der Waals surface area contributed by atoms with Crippen molar-refractivity contribution in [2.45, 2.75) is 6.92 Å². The van der Waals surface area contributed by atoms with Crippen LogP contribution < -0.4 is 18.9 Å². The lowest BCUT2D eigenvalue weighted by molar-refractivity contribution is -0.123. The Morgan fingerprint density at radius 3 is 2.45 bits per heavy atom. The molecule has 0 aromatic heterocycles. The van der Waals surface area contributed by atoms with Crippen LogP contribution in [0.2, 0.25) is 0 Å². The SMILES string of the molecule is CCOc1cc(/C=C2\SC(=O)N(CCOc3ccccc3OC)C2=O)cc(Br)c1OC(=O)c1cccc2ccccc12. The van der Waals surface area contributed by atoms with E-state index in [9.17, 15) is 14.4 Å². The smallest absolute Gasteiger partial charge is 0.344 e. The number of esters is 1. The Kier molecular flexibility index (Phi) is 9.14. The molecule has 0 saturated carbocycles. The summed E-state index contributed by atoms with van der Waals surface area (Å²) in [6.45, 7) is 2.33. The van der Waals surface area contributed by atoms with Crippen molar-refractivity contribution in [2.75, 3.05) is 26.9 Å². The van der Waals surface area contributed by atoms with Gasteiger partial charge in [0.1, 0.15) is 6.61 Å². The van der Waals surface area contributed by atoms with E-state index in [0.29, 0.717) is 39.5 Å².